The molecule has 4 unspecified atom stereocenters. The van der Waals surface area contributed by atoms with Crippen molar-refractivity contribution >= 4 is 11.6 Å². The predicted molar refractivity (Wildman–Crippen MR) is 107 cm³/mol. The van der Waals surface area contributed by atoms with Gasteiger partial charge in [0.1, 0.15) is 5.75 Å². The second kappa shape index (κ2) is 7.99. The maximum Gasteiger partial charge on any atom is 0.123 e. The maximum atomic E-state index is 6.20. The van der Waals surface area contributed by atoms with E-state index in [1.165, 1.54) is 31.2 Å². The Morgan fingerprint density at radius 3 is 2.81 bits per heavy atom. The van der Waals surface area contributed by atoms with Gasteiger partial charge >= 0.3 is 0 Å². The lowest BCUT2D eigenvalue weighted by Crippen LogP contribution is -2.52. The van der Waals surface area contributed by atoms with Crippen molar-refractivity contribution in [2.24, 2.45) is 5.92 Å². The van der Waals surface area contributed by atoms with Crippen molar-refractivity contribution in [1.29, 1.82) is 0 Å². The van der Waals surface area contributed by atoms with Crippen molar-refractivity contribution in [3.05, 3.63) is 64.7 Å². The molecule has 1 aliphatic carbocycles. The summed E-state index contributed by atoms with van der Waals surface area (Å²) in [5, 5.41) is 8.49. The number of rotatable bonds is 5. The van der Waals surface area contributed by atoms with Crippen LogP contribution >= 0.6 is 11.6 Å². The fourth-order valence-corrected chi connectivity index (χ4v) is 4.86. The number of fused-ring (bicyclic) bond motifs is 1. The van der Waals surface area contributed by atoms with Gasteiger partial charge in [-0.1, -0.05) is 48.4 Å². The summed E-state index contributed by atoms with van der Waals surface area (Å²) in [5.74, 6) is 1.68. The zero-order chi connectivity index (χ0) is 17.9. The Kier molecular flexibility index (Phi) is 5.49. The van der Waals surface area contributed by atoms with Gasteiger partial charge in [-0.3, -0.25) is 0 Å². The van der Waals surface area contributed by atoms with E-state index in [0.717, 1.165) is 28.8 Å². The zero-order valence-corrected chi connectivity index (χ0v) is 16.0. The van der Waals surface area contributed by atoms with Gasteiger partial charge < -0.3 is 15.4 Å². The van der Waals surface area contributed by atoms with Crippen molar-refractivity contribution in [2.75, 3.05) is 7.11 Å². The topological polar surface area (TPSA) is 33.3 Å². The Morgan fingerprint density at radius 1 is 1.15 bits per heavy atom. The van der Waals surface area contributed by atoms with E-state index in [2.05, 4.69) is 41.0 Å². The molecule has 3 nitrogen and oxygen atoms in total. The minimum atomic E-state index is 0.348. The lowest BCUT2D eigenvalue weighted by Gasteiger charge is -2.41. The molecule has 0 aromatic heterocycles. The predicted octanol–water partition coefficient (Wildman–Crippen LogP) is 4.71. The van der Waals surface area contributed by atoms with Crippen LogP contribution in [0.2, 0.25) is 5.02 Å². The van der Waals surface area contributed by atoms with Gasteiger partial charge in [0.05, 0.1) is 7.11 Å². The first kappa shape index (κ1) is 17.8. The lowest BCUT2D eigenvalue weighted by molar-refractivity contribution is 0.201. The number of nitrogens with one attached hydrogen (secondary N) is 2. The van der Waals surface area contributed by atoms with Gasteiger partial charge in [0.2, 0.25) is 0 Å². The van der Waals surface area contributed by atoms with Gasteiger partial charge in [-0.25, -0.2) is 0 Å². The van der Waals surface area contributed by atoms with Crippen molar-refractivity contribution < 1.29 is 4.74 Å². The van der Waals surface area contributed by atoms with Gasteiger partial charge in [0.25, 0.3) is 0 Å². The Morgan fingerprint density at radius 2 is 2.00 bits per heavy atom. The molecule has 4 rings (SSSR count). The molecular weight excluding hydrogens is 344 g/mol. The molecule has 138 valence electrons. The second-order valence-corrected chi connectivity index (χ2v) is 7.97. The highest BCUT2D eigenvalue weighted by molar-refractivity contribution is 6.30. The molecule has 1 saturated carbocycles. The van der Waals surface area contributed by atoms with Crippen LogP contribution in [0.1, 0.15) is 42.9 Å². The van der Waals surface area contributed by atoms with Crippen LogP contribution in [0.5, 0.6) is 5.75 Å². The number of hydrogen-bond acceptors (Lipinski definition) is 3. The first-order chi connectivity index (χ1) is 12.7. The minimum absolute atomic E-state index is 0.348. The van der Waals surface area contributed by atoms with E-state index < -0.39 is 0 Å². The van der Waals surface area contributed by atoms with Crippen LogP contribution in [-0.4, -0.2) is 19.2 Å². The summed E-state index contributed by atoms with van der Waals surface area (Å²) in [6, 6.07) is 18.1. The zero-order valence-electron chi connectivity index (χ0n) is 15.2. The van der Waals surface area contributed by atoms with E-state index in [1.807, 2.05) is 18.2 Å². The minimum Gasteiger partial charge on any atom is -0.496 e. The second-order valence-electron chi connectivity index (χ2n) is 7.53. The molecule has 0 spiro atoms. The van der Waals surface area contributed by atoms with Gasteiger partial charge in [-0.05, 0) is 48.9 Å². The molecule has 1 aliphatic heterocycles. The molecule has 4 heteroatoms. The Bertz CT molecular complexity index is 736. The fraction of sp³-hybridized carbons (Fsp3) is 0.455. The highest BCUT2D eigenvalue weighted by Crippen LogP contribution is 2.38. The summed E-state index contributed by atoms with van der Waals surface area (Å²) in [6.45, 7) is 0.761. The average Bonchev–Trinajstić information content (AvgIpc) is 3.14. The third-order valence-electron chi connectivity index (χ3n) is 5.97. The first-order valence-electron chi connectivity index (χ1n) is 9.61. The van der Waals surface area contributed by atoms with Crippen molar-refractivity contribution in [3.8, 4) is 5.75 Å². The number of ether oxygens (including phenoxy) is 1. The van der Waals surface area contributed by atoms with Crippen LogP contribution in [0.15, 0.2) is 48.5 Å². The third-order valence-corrected chi connectivity index (χ3v) is 6.20. The highest BCUT2D eigenvalue weighted by atomic mass is 35.5. The standard InChI is InChI=1S/C22H27ClN2O/c1-26-21-11-10-18(23)12-17(21)14-24-20-13-16-8-5-9-19(16)25-22(20)15-6-3-2-4-7-15/h2-4,6-7,10-12,16,19-20,22,24-25H,5,8-9,13-14H2,1H3. The number of methoxy groups -OCH3 is 1. The van der Waals surface area contributed by atoms with Crippen LogP contribution in [0, 0.1) is 5.92 Å². The Hall–Kier alpha value is -1.55. The van der Waals surface area contributed by atoms with Crippen molar-refractivity contribution in [3.63, 3.8) is 0 Å². The van der Waals surface area contributed by atoms with E-state index in [-0.39, 0.29) is 0 Å². The normalized spacial score (nSPS) is 27.9. The van der Waals surface area contributed by atoms with Crippen molar-refractivity contribution in [2.45, 2.75) is 50.4 Å². The van der Waals surface area contributed by atoms with Gasteiger partial charge in [-0.15, -0.1) is 0 Å². The quantitative estimate of drug-likeness (QED) is 0.799. The van der Waals surface area contributed by atoms with Crippen molar-refractivity contribution in [1.82, 2.24) is 10.6 Å². The Balaban J connectivity index is 1.53. The summed E-state index contributed by atoms with van der Waals surface area (Å²) in [4.78, 5) is 0. The molecule has 1 saturated heterocycles. The largest absolute Gasteiger partial charge is 0.496 e. The van der Waals surface area contributed by atoms with Gasteiger partial charge in [0.15, 0.2) is 0 Å². The molecule has 4 atom stereocenters. The van der Waals surface area contributed by atoms with Crippen LogP contribution in [0.25, 0.3) is 0 Å². The number of benzene rings is 2. The maximum absolute atomic E-state index is 6.20. The van der Waals surface area contributed by atoms with E-state index in [0.29, 0.717) is 18.1 Å². The van der Waals surface area contributed by atoms with E-state index in [1.54, 1.807) is 7.11 Å². The molecule has 26 heavy (non-hydrogen) atoms. The summed E-state index contributed by atoms with van der Waals surface area (Å²) in [7, 11) is 1.71. The SMILES string of the molecule is COc1ccc(Cl)cc1CNC1CC2CCCC2NC1c1ccccc1. The third kappa shape index (κ3) is 3.75. The molecule has 0 amide bonds. The van der Waals surface area contributed by atoms with Crippen LogP contribution < -0.4 is 15.4 Å². The fourth-order valence-electron chi connectivity index (χ4n) is 4.66. The molecule has 2 aromatic rings. The smallest absolute Gasteiger partial charge is 0.123 e. The molecule has 0 radical (unpaired) electrons. The lowest BCUT2D eigenvalue weighted by atomic mass is 9.83. The van der Waals surface area contributed by atoms with Gasteiger partial charge in [0, 0.05) is 35.3 Å². The summed E-state index contributed by atoms with van der Waals surface area (Å²) in [6.07, 6.45) is 5.22. The molecule has 0 bridgehead atoms. The van der Waals surface area contributed by atoms with E-state index in [4.69, 9.17) is 16.3 Å². The number of halogens is 1. The van der Waals surface area contributed by atoms with Crippen LogP contribution in [0.4, 0.5) is 0 Å². The van der Waals surface area contributed by atoms with Crippen LogP contribution in [0.3, 0.4) is 0 Å². The monoisotopic (exact) mass is 370 g/mol. The molecule has 2 aliphatic rings. The van der Waals surface area contributed by atoms with Gasteiger partial charge in [-0.2, -0.15) is 0 Å². The summed E-state index contributed by atoms with van der Waals surface area (Å²) >= 11 is 6.20. The molecule has 2 N–H and O–H groups in total. The molecular formula is C22H27ClN2O. The molecule has 2 fully saturated rings. The summed E-state index contributed by atoms with van der Waals surface area (Å²) in [5.41, 5.74) is 2.48. The number of hydrogen-bond donors (Lipinski definition) is 2. The van der Waals surface area contributed by atoms with E-state index in [9.17, 15) is 0 Å². The highest BCUT2D eigenvalue weighted by Gasteiger charge is 2.39. The average molecular weight is 371 g/mol. The summed E-state index contributed by atoms with van der Waals surface area (Å²) < 4.78 is 5.51. The number of piperidine rings is 1. The molecule has 1 heterocycles. The first-order valence-corrected chi connectivity index (χ1v) is 9.99. The Labute approximate surface area is 161 Å². The van der Waals surface area contributed by atoms with E-state index >= 15 is 0 Å². The molecule has 2 aromatic carbocycles. The van der Waals surface area contributed by atoms with Crippen LogP contribution in [-0.2, 0) is 6.54 Å².